The first-order chi connectivity index (χ1) is 9.60. The van der Waals surface area contributed by atoms with Crippen LogP contribution in [0.3, 0.4) is 0 Å². The molecular formula is C16H21N3O. The zero-order valence-electron chi connectivity index (χ0n) is 11.9. The molecule has 20 heavy (non-hydrogen) atoms. The lowest BCUT2D eigenvalue weighted by Gasteiger charge is -2.34. The molecule has 0 aliphatic heterocycles. The third kappa shape index (κ3) is 2.20. The molecule has 0 radical (unpaired) electrons. The first kappa shape index (κ1) is 13.2. The quantitative estimate of drug-likeness (QED) is 0.881. The maximum atomic E-state index is 11.9. The van der Waals surface area contributed by atoms with Gasteiger partial charge in [0.05, 0.1) is 5.69 Å². The van der Waals surface area contributed by atoms with E-state index in [1.54, 1.807) is 10.8 Å². The Bertz CT molecular complexity index is 662. The molecule has 0 bridgehead atoms. The first-order valence-corrected chi connectivity index (χ1v) is 7.27. The van der Waals surface area contributed by atoms with Gasteiger partial charge in [0, 0.05) is 17.4 Å². The number of aromatic amines is 1. The average Bonchev–Trinajstić information content (AvgIpc) is 2.79. The largest absolute Gasteiger partial charge is 0.330 e. The van der Waals surface area contributed by atoms with Crippen LogP contribution in [0.4, 0.5) is 0 Å². The van der Waals surface area contributed by atoms with E-state index in [1.165, 1.54) is 19.3 Å². The average molecular weight is 271 g/mol. The molecule has 0 unspecified atom stereocenters. The first-order valence-electron chi connectivity index (χ1n) is 7.27. The molecule has 1 fully saturated rings. The molecule has 2 aromatic rings. The number of H-pyrrole nitrogens is 1. The van der Waals surface area contributed by atoms with Crippen LogP contribution >= 0.6 is 0 Å². The Morgan fingerprint density at radius 2 is 2.00 bits per heavy atom. The summed E-state index contributed by atoms with van der Waals surface area (Å²) in [6.07, 6.45) is 7.42. The number of aryl methyl sites for hydroxylation is 1. The Hall–Kier alpha value is -1.81. The fraction of sp³-hybridized carbons (Fsp3) is 0.438. The van der Waals surface area contributed by atoms with Gasteiger partial charge in [0.15, 0.2) is 0 Å². The molecule has 1 aliphatic rings. The summed E-state index contributed by atoms with van der Waals surface area (Å²) in [6, 6.07) is 8.10. The van der Waals surface area contributed by atoms with E-state index < -0.39 is 0 Å². The van der Waals surface area contributed by atoms with Crippen molar-refractivity contribution in [1.29, 1.82) is 0 Å². The lowest BCUT2D eigenvalue weighted by Crippen LogP contribution is -2.38. The zero-order chi connectivity index (χ0) is 14.2. The van der Waals surface area contributed by atoms with Crippen molar-refractivity contribution in [2.45, 2.75) is 44.6 Å². The van der Waals surface area contributed by atoms with E-state index in [4.69, 9.17) is 5.73 Å². The van der Waals surface area contributed by atoms with Crippen LogP contribution in [0.2, 0.25) is 0 Å². The normalized spacial score (nSPS) is 18.1. The van der Waals surface area contributed by atoms with Crippen molar-refractivity contribution in [3.05, 3.63) is 52.2 Å². The number of hydrogen-bond donors (Lipinski definition) is 2. The maximum Gasteiger partial charge on any atom is 0.330 e. The van der Waals surface area contributed by atoms with Crippen molar-refractivity contribution in [2.75, 3.05) is 0 Å². The third-order valence-corrected chi connectivity index (χ3v) is 4.39. The molecule has 0 atom stereocenters. The number of nitrogens with one attached hydrogen (secondary N) is 1. The topological polar surface area (TPSA) is 63.8 Å². The van der Waals surface area contributed by atoms with Gasteiger partial charge in [-0.3, -0.25) is 4.57 Å². The number of imidazole rings is 1. The van der Waals surface area contributed by atoms with Gasteiger partial charge in [-0.25, -0.2) is 4.79 Å². The van der Waals surface area contributed by atoms with E-state index >= 15 is 0 Å². The van der Waals surface area contributed by atoms with Crippen LogP contribution in [0.5, 0.6) is 0 Å². The van der Waals surface area contributed by atoms with Crippen LogP contribution in [-0.2, 0) is 5.54 Å². The highest BCUT2D eigenvalue weighted by Crippen LogP contribution is 2.35. The second kappa shape index (κ2) is 4.94. The molecule has 4 heteroatoms. The van der Waals surface area contributed by atoms with Crippen LogP contribution in [0, 0.1) is 6.92 Å². The maximum absolute atomic E-state index is 11.9. The van der Waals surface area contributed by atoms with Crippen molar-refractivity contribution in [3.63, 3.8) is 0 Å². The highest BCUT2D eigenvalue weighted by atomic mass is 16.1. The van der Waals surface area contributed by atoms with E-state index in [-0.39, 0.29) is 11.2 Å². The number of nitrogens with zero attached hydrogens (tertiary/aromatic N) is 1. The summed E-state index contributed by atoms with van der Waals surface area (Å²) >= 11 is 0. The fourth-order valence-electron chi connectivity index (χ4n) is 3.20. The molecule has 4 nitrogen and oxygen atoms in total. The molecule has 1 saturated carbocycles. The summed E-state index contributed by atoms with van der Waals surface area (Å²) in [5.41, 5.74) is 9.18. The molecule has 0 saturated heterocycles. The van der Waals surface area contributed by atoms with Gasteiger partial charge in [-0.2, -0.15) is 0 Å². The Morgan fingerprint density at radius 3 is 2.65 bits per heavy atom. The summed E-state index contributed by atoms with van der Waals surface area (Å²) < 4.78 is 1.69. The Labute approximate surface area is 118 Å². The highest BCUT2D eigenvalue weighted by Gasteiger charge is 2.29. The van der Waals surface area contributed by atoms with Gasteiger partial charge in [0.1, 0.15) is 0 Å². The van der Waals surface area contributed by atoms with E-state index in [2.05, 4.69) is 17.1 Å². The molecule has 1 aromatic heterocycles. The lowest BCUT2D eigenvalue weighted by molar-refractivity contribution is 0.302. The van der Waals surface area contributed by atoms with Crippen LogP contribution in [0.15, 0.2) is 35.3 Å². The number of hydrogen-bond acceptors (Lipinski definition) is 2. The standard InChI is InChI=1S/C16H21N3O/c1-12-11-18-15(20)19(12)14-7-5-6-13(10-14)16(17)8-3-2-4-9-16/h5-7,10-11H,2-4,8-9,17H2,1H3,(H,18,20). The molecule has 1 heterocycles. The zero-order valence-corrected chi connectivity index (χ0v) is 11.9. The minimum absolute atomic E-state index is 0.102. The molecule has 106 valence electrons. The second-order valence-corrected chi connectivity index (χ2v) is 5.84. The van der Waals surface area contributed by atoms with Gasteiger partial charge in [0.25, 0.3) is 0 Å². The molecule has 1 aromatic carbocycles. The van der Waals surface area contributed by atoms with Crippen LogP contribution in [-0.4, -0.2) is 9.55 Å². The van der Waals surface area contributed by atoms with Crippen molar-refractivity contribution in [2.24, 2.45) is 5.73 Å². The number of nitrogens with two attached hydrogens (primary N) is 1. The predicted molar refractivity (Wildman–Crippen MR) is 80.1 cm³/mol. The van der Waals surface area contributed by atoms with Gasteiger partial charge in [-0.1, -0.05) is 31.4 Å². The van der Waals surface area contributed by atoms with Gasteiger partial charge in [0.2, 0.25) is 0 Å². The third-order valence-electron chi connectivity index (χ3n) is 4.39. The lowest BCUT2D eigenvalue weighted by atomic mass is 9.77. The Morgan fingerprint density at radius 1 is 1.25 bits per heavy atom. The Balaban J connectivity index is 2.04. The summed E-state index contributed by atoms with van der Waals surface area (Å²) in [7, 11) is 0. The summed E-state index contributed by atoms with van der Waals surface area (Å²) in [5.74, 6) is 0. The van der Waals surface area contributed by atoms with E-state index in [0.717, 1.165) is 29.8 Å². The van der Waals surface area contributed by atoms with Crippen molar-refractivity contribution in [1.82, 2.24) is 9.55 Å². The number of aromatic nitrogens is 2. The smallest absolute Gasteiger partial charge is 0.321 e. The van der Waals surface area contributed by atoms with Gasteiger partial charge in [-0.15, -0.1) is 0 Å². The second-order valence-electron chi connectivity index (χ2n) is 5.84. The number of benzene rings is 1. The van der Waals surface area contributed by atoms with Crippen molar-refractivity contribution in [3.8, 4) is 5.69 Å². The summed E-state index contributed by atoms with van der Waals surface area (Å²) in [5, 5.41) is 0. The van der Waals surface area contributed by atoms with E-state index in [0.29, 0.717) is 0 Å². The molecular weight excluding hydrogens is 250 g/mol. The summed E-state index contributed by atoms with van der Waals surface area (Å²) in [6.45, 7) is 1.92. The summed E-state index contributed by atoms with van der Waals surface area (Å²) in [4.78, 5) is 14.6. The van der Waals surface area contributed by atoms with E-state index in [9.17, 15) is 4.79 Å². The van der Waals surface area contributed by atoms with Gasteiger partial charge >= 0.3 is 5.69 Å². The van der Waals surface area contributed by atoms with Crippen LogP contribution in [0.25, 0.3) is 5.69 Å². The molecule has 3 N–H and O–H groups in total. The predicted octanol–water partition coefficient (Wildman–Crippen LogP) is 2.59. The molecule has 1 aliphatic carbocycles. The fourth-order valence-corrected chi connectivity index (χ4v) is 3.20. The Kier molecular flexibility index (Phi) is 3.26. The van der Waals surface area contributed by atoms with Gasteiger partial charge < -0.3 is 10.7 Å². The van der Waals surface area contributed by atoms with Crippen molar-refractivity contribution >= 4 is 0 Å². The highest BCUT2D eigenvalue weighted by molar-refractivity contribution is 5.40. The van der Waals surface area contributed by atoms with Crippen molar-refractivity contribution < 1.29 is 0 Å². The van der Waals surface area contributed by atoms with E-state index in [1.807, 2.05) is 19.1 Å². The monoisotopic (exact) mass is 271 g/mol. The minimum Gasteiger partial charge on any atom is -0.321 e. The molecule has 0 amide bonds. The molecule has 0 spiro atoms. The minimum atomic E-state index is -0.234. The SMILES string of the molecule is Cc1c[nH]c(=O)n1-c1cccc(C2(N)CCCCC2)c1. The van der Waals surface area contributed by atoms with Gasteiger partial charge in [-0.05, 0) is 37.5 Å². The van der Waals surface area contributed by atoms with Crippen LogP contribution < -0.4 is 11.4 Å². The van der Waals surface area contributed by atoms with Crippen LogP contribution in [0.1, 0.15) is 43.4 Å². The number of rotatable bonds is 2. The molecule has 3 rings (SSSR count).